The van der Waals surface area contributed by atoms with Gasteiger partial charge in [-0.15, -0.1) is 0 Å². The normalized spacial score (nSPS) is 19.3. The summed E-state index contributed by atoms with van der Waals surface area (Å²) in [4.78, 5) is 18.6. The van der Waals surface area contributed by atoms with Crippen LogP contribution >= 0.6 is 0 Å². The fourth-order valence-corrected chi connectivity index (χ4v) is 2.73. The summed E-state index contributed by atoms with van der Waals surface area (Å²) in [5.74, 6) is 1.19. The monoisotopic (exact) mass is 304 g/mol. The van der Waals surface area contributed by atoms with Gasteiger partial charge in [-0.1, -0.05) is 5.16 Å². The number of carbonyl (C=O) groups is 1. The van der Waals surface area contributed by atoms with Gasteiger partial charge in [-0.25, -0.2) is 0 Å². The Labute approximate surface area is 128 Å². The van der Waals surface area contributed by atoms with Crippen LogP contribution in [0.15, 0.2) is 16.9 Å². The van der Waals surface area contributed by atoms with E-state index in [1.807, 2.05) is 0 Å². The van der Waals surface area contributed by atoms with Gasteiger partial charge < -0.3 is 9.84 Å². The SMILES string of the molecule is Cc1nc(CN2CCCC(NC(=O)c3cnn(C)c3)C2)no1. The predicted molar refractivity (Wildman–Crippen MR) is 78.0 cm³/mol. The molecule has 0 spiro atoms. The van der Waals surface area contributed by atoms with Gasteiger partial charge in [0.1, 0.15) is 0 Å². The molecule has 22 heavy (non-hydrogen) atoms. The third kappa shape index (κ3) is 3.51. The molecule has 2 aromatic heterocycles. The number of rotatable bonds is 4. The van der Waals surface area contributed by atoms with Gasteiger partial charge in [0, 0.05) is 32.8 Å². The molecule has 1 aliphatic heterocycles. The fraction of sp³-hybridized carbons (Fsp3) is 0.571. The minimum Gasteiger partial charge on any atom is -0.348 e. The first kappa shape index (κ1) is 14.7. The number of amides is 1. The van der Waals surface area contributed by atoms with E-state index in [-0.39, 0.29) is 11.9 Å². The van der Waals surface area contributed by atoms with Crippen molar-refractivity contribution in [2.45, 2.75) is 32.4 Å². The average molecular weight is 304 g/mol. The summed E-state index contributed by atoms with van der Waals surface area (Å²) in [5, 5.41) is 11.0. The van der Waals surface area contributed by atoms with E-state index in [0.717, 1.165) is 25.9 Å². The lowest BCUT2D eigenvalue weighted by Gasteiger charge is -2.32. The molecule has 1 N–H and O–H groups in total. The van der Waals surface area contributed by atoms with Crippen molar-refractivity contribution in [3.05, 3.63) is 29.7 Å². The number of piperidine rings is 1. The predicted octanol–water partition coefficient (Wildman–Crippen LogP) is 0.506. The van der Waals surface area contributed by atoms with Gasteiger partial charge in [0.05, 0.1) is 18.3 Å². The smallest absolute Gasteiger partial charge is 0.254 e. The van der Waals surface area contributed by atoms with Crippen LogP contribution < -0.4 is 5.32 Å². The second-order valence-corrected chi connectivity index (χ2v) is 5.68. The van der Waals surface area contributed by atoms with Crippen LogP contribution in [0.25, 0.3) is 0 Å². The molecular formula is C14H20N6O2. The van der Waals surface area contributed by atoms with Gasteiger partial charge in [-0.2, -0.15) is 10.1 Å². The molecule has 0 radical (unpaired) electrons. The summed E-state index contributed by atoms with van der Waals surface area (Å²) in [6.45, 7) is 4.20. The number of nitrogens with one attached hydrogen (secondary N) is 1. The highest BCUT2D eigenvalue weighted by Gasteiger charge is 2.23. The molecule has 0 aliphatic carbocycles. The van der Waals surface area contributed by atoms with Gasteiger partial charge in [-0.05, 0) is 19.4 Å². The summed E-state index contributed by atoms with van der Waals surface area (Å²) in [5.41, 5.74) is 0.591. The van der Waals surface area contributed by atoms with E-state index >= 15 is 0 Å². The zero-order valence-electron chi connectivity index (χ0n) is 12.8. The topological polar surface area (TPSA) is 89.1 Å². The molecular weight excluding hydrogens is 284 g/mol. The molecule has 3 heterocycles. The number of hydrogen-bond acceptors (Lipinski definition) is 6. The molecule has 8 heteroatoms. The van der Waals surface area contributed by atoms with Crippen molar-refractivity contribution in [2.75, 3.05) is 13.1 Å². The second kappa shape index (κ2) is 6.27. The Morgan fingerprint density at radius 1 is 1.55 bits per heavy atom. The number of likely N-dealkylation sites (tertiary alicyclic amines) is 1. The number of carbonyl (C=O) groups excluding carboxylic acids is 1. The van der Waals surface area contributed by atoms with Crippen LogP contribution in [0.3, 0.4) is 0 Å². The van der Waals surface area contributed by atoms with Gasteiger partial charge in [0.2, 0.25) is 5.89 Å². The van der Waals surface area contributed by atoms with Gasteiger partial charge in [0.15, 0.2) is 5.82 Å². The molecule has 1 unspecified atom stereocenters. The van der Waals surface area contributed by atoms with Crippen molar-refractivity contribution in [3.63, 3.8) is 0 Å². The van der Waals surface area contributed by atoms with Crippen molar-refractivity contribution in [3.8, 4) is 0 Å². The summed E-state index contributed by atoms with van der Waals surface area (Å²) >= 11 is 0. The first-order chi connectivity index (χ1) is 10.6. The van der Waals surface area contributed by atoms with Crippen LogP contribution in [-0.4, -0.2) is 49.9 Å². The number of nitrogens with zero attached hydrogens (tertiary/aromatic N) is 5. The molecule has 1 amide bonds. The molecule has 0 aromatic carbocycles. The summed E-state index contributed by atoms with van der Waals surface area (Å²) in [7, 11) is 1.80. The summed E-state index contributed by atoms with van der Waals surface area (Å²) in [6, 6.07) is 0.134. The van der Waals surface area contributed by atoms with Crippen LogP contribution in [-0.2, 0) is 13.6 Å². The highest BCUT2D eigenvalue weighted by molar-refractivity contribution is 5.93. The Morgan fingerprint density at radius 3 is 3.09 bits per heavy atom. The molecule has 0 saturated carbocycles. The minimum absolute atomic E-state index is 0.0737. The Morgan fingerprint density at radius 2 is 2.41 bits per heavy atom. The van der Waals surface area contributed by atoms with E-state index in [4.69, 9.17) is 4.52 Å². The lowest BCUT2D eigenvalue weighted by atomic mass is 10.1. The van der Waals surface area contributed by atoms with Crippen LogP contribution in [0.4, 0.5) is 0 Å². The van der Waals surface area contributed by atoms with E-state index in [1.54, 1.807) is 31.0 Å². The first-order valence-corrected chi connectivity index (χ1v) is 7.41. The fourth-order valence-electron chi connectivity index (χ4n) is 2.73. The second-order valence-electron chi connectivity index (χ2n) is 5.68. The largest absolute Gasteiger partial charge is 0.348 e. The van der Waals surface area contributed by atoms with E-state index in [1.165, 1.54) is 0 Å². The first-order valence-electron chi connectivity index (χ1n) is 7.41. The molecule has 1 atom stereocenters. The molecule has 8 nitrogen and oxygen atoms in total. The zero-order valence-corrected chi connectivity index (χ0v) is 12.8. The van der Waals surface area contributed by atoms with Crippen LogP contribution in [0.1, 0.15) is 34.9 Å². The van der Waals surface area contributed by atoms with Gasteiger partial charge in [0.25, 0.3) is 5.91 Å². The standard InChI is InChI=1S/C14H20N6O2/c1-10-16-13(18-22-10)9-20-5-3-4-12(8-20)17-14(21)11-6-15-19(2)7-11/h6-7,12H,3-5,8-9H2,1-2H3,(H,17,21). The highest BCUT2D eigenvalue weighted by Crippen LogP contribution is 2.13. The maximum Gasteiger partial charge on any atom is 0.254 e. The Bertz CT molecular complexity index is 649. The molecule has 1 aliphatic rings. The highest BCUT2D eigenvalue weighted by atomic mass is 16.5. The summed E-state index contributed by atoms with van der Waals surface area (Å²) < 4.78 is 6.62. The van der Waals surface area contributed by atoms with Crippen molar-refractivity contribution in [1.29, 1.82) is 0 Å². The maximum atomic E-state index is 12.2. The van der Waals surface area contributed by atoms with Crippen LogP contribution in [0.2, 0.25) is 0 Å². The third-order valence-electron chi connectivity index (χ3n) is 3.74. The van der Waals surface area contributed by atoms with E-state index in [2.05, 4.69) is 25.5 Å². The average Bonchev–Trinajstić information content (AvgIpc) is 3.08. The molecule has 3 rings (SSSR count). The van der Waals surface area contributed by atoms with E-state index < -0.39 is 0 Å². The van der Waals surface area contributed by atoms with E-state index in [0.29, 0.717) is 23.8 Å². The quantitative estimate of drug-likeness (QED) is 0.885. The molecule has 0 bridgehead atoms. The maximum absolute atomic E-state index is 12.2. The zero-order chi connectivity index (χ0) is 15.5. The van der Waals surface area contributed by atoms with Gasteiger partial charge >= 0.3 is 0 Å². The molecule has 1 saturated heterocycles. The molecule has 1 fully saturated rings. The van der Waals surface area contributed by atoms with Crippen molar-refractivity contribution < 1.29 is 9.32 Å². The number of aromatic nitrogens is 4. The Balaban J connectivity index is 1.55. The molecule has 2 aromatic rings. The Kier molecular flexibility index (Phi) is 4.19. The Hall–Kier alpha value is -2.22. The van der Waals surface area contributed by atoms with Crippen LogP contribution in [0.5, 0.6) is 0 Å². The van der Waals surface area contributed by atoms with Crippen molar-refractivity contribution >= 4 is 5.91 Å². The molecule has 118 valence electrons. The van der Waals surface area contributed by atoms with E-state index in [9.17, 15) is 4.79 Å². The van der Waals surface area contributed by atoms with Crippen LogP contribution in [0, 0.1) is 6.92 Å². The lowest BCUT2D eigenvalue weighted by molar-refractivity contribution is 0.0899. The van der Waals surface area contributed by atoms with Crippen molar-refractivity contribution in [1.82, 2.24) is 30.1 Å². The number of hydrogen-bond donors (Lipinski definition) is 1. The minimum atomic E-state index is -0.0737. The number of aryl methyl sites for hydroxylation is 2. The van der Waals surface area contributed by atoms with Gasteiger partial charge in [-0.3, -0.25) is 14.4 Å². The van der Waals surface area contributed by atoms with Crippen molar-refractivity contribution in [2.24, 2.45) is 7.05 Å². The third-order valence-corrected chi connectivity index (χ3v) is 3.74. The lowest BCUT2D eigenvalue weighted by Crippen LogP contribution is -2.47. The summed E-state index contributed by atoms with van der Waals surface area (Å²) in [6.07, 6.45) is 5.32.